The Labute approximate surface area is 144 Å². The molecule has 1 aromatic rings. The molecule has 1 fully saturated rings. The molecule has 0 spiro atoms. The van der Waals surface area contributed by atoms with Gasteiger partial charge >= 0.3 is 6.09 Å². The molecule has 0 atom stereocenters. The summed E-state index contributed by atoms with van der Waals surface area (Å²) in [5.74, 6) is 0.608. The number of benzene rings is 1. The molecule has 0 radical (unpaired) electrons. The minimum absolute atomic E-state index is 0.0569. The minimum atomic E-state index is -3.89. The maximum Gasteiger partial charge on any atom is 0.421 e. The quantitative estimate of drug-likeness (QED) is 0.891. The van der Waals surface area contributed by atoms with Gasteiger partial charge in [-0.25, -0.2) is 17.9 Å². The van der Waals surface area contributed by atoms with Crippen LogP contribution in [0.5, 0.6) is 0 Å². The van der Waals surface area contributed by atoms with Crippen molar-refractivity contribution < 1.29 is 17.9 Å². The second-order valence-electron chi connectivity index (χ2n) is 7.66. The summed E-state index contributed by atoms with van der Waals surface area (Å²) in [6.45, 7) is 8.53. The van der Waals surface area contributed by atoms with Crippen LogP contribution in [0.15, 0.2) is 29.2 Å². The first-order valence-corrected chi connectivity index (χ1v) is 9.86. The van der Waals surface area contributed by atoms with E-state index in [1.54, 1.807) is 12.1 Å². The molecule has 1 aliphatic carbocycles. The fourth-order valence-electron chi connectivity index (χ4n) is 3.11. The van der Waals surface area contributed by atoms with Gasteiger partial charge in [0.1, 0.15) is 6.10 Å². The molecular weight excluding hydrogens is 326 g/mol. The monoisotopic (exact) mass is 353 g/mol. The highest BCUT2D eigenvalue weighted by atomic mass is 32.2. The van der Waals surface area contributed by atoms with E-state index < -0.39 is 16.1 Å². The Morgan fingerprint density at radius 3 is 2.12 bits per heavy atom. The maximum absolute atomic E-state index is 12.2. The highest BCUT2D eigenvalue weighted by molar-refractivity contribution is 7.90. The van der Waals surface area contributed by atoms with E-state index in [2.05, 4.69) is 20.8 Å². The minimum Gasteiger partial charge on any atom is -0.446 e. The van der Waals surface area contributed by atoms with Crippen molar-refractivity contribution in [2.75, 3.05) is 0 Å². The average Bonchev–Trinajstić information content (AvgIpc) is 2.46. The topological polar surface area (TPSA) is 72.5 Å². The van der Waals surface area contributed by atoms with E-state index in [0.29, 0.717) is 5.92 Å². The Balaban J connectivity index is 1.89. The Morgan fingerprint density at radius 2 is 1.62 bits per heavy atom. The van der Waals surface area contributed by atoms with Crippen LogP contribution in [0.1, 0.15) is 52.0 Å². The second kappa shape index (κ2) is 7.13. The summed E-state index contributed by atoms with van der Waals surface area (Å²) in [6.07, 6.45) is 2.43. The first-order valence-electron chi connectivity index (χ1n) is 8.38. The van der Waals surface area contributed by atoms with Crippen molar-refractivity contribution in [3.05, 3.63) is 29.8 Å². The van der Waals surface area contributed by atoms with Gasteiger partial charge in [0.25, 0.3) is 10.0 Å². The predicted octanol–water partition coefficient (Wildman–Crippen LogP) is 4.01. The zero-order valence-electron chi connectivity index (χ0n) is 14.8. The number of hydrogen-bond donors (Lipinski definition) is 1. The van der Waals surface area contributed by atoms with Crippen molar-refractivity contribution >= 4 is 16.1 Å². The number of ether oxygens (including phenoxy) is 1. The number of aryl methyl sites for hydroxylation is 1. The molecule has 1 N–H and O–H groups in total. The van der Waals surface area contributed by atoms with Gasteiger partial charge in [0.05, 0.1) is 4.90 Å². The first-order chi connectivity index (χ1) is 11.1. The summed E-state index contributed by atoms with van der Waals surface area (Å²) < 4.78 is 31.6. The summed E-state index contributed by atoms with van der Waals surface area (Å²) >= 11 is 0. The van der Waals surface area contributed by atoms with E-state index in [1.165, 1.54) is 12.1 Å². The van der Waals surface area contributed by atoms with Gasteiger partial charge in [-0.15, -0.1) is 0 Å². The molecule has 5 nitrogen and oxygen atoms in total. The molecule has 0 saturated heterocycles. The molecule has 134 valence electrons. The van der Waals surface area contributed by atoms with Gasteiger partial charge in [0, 0.05) is 0 Å². The third-order valence-electron chi connectivity index (χ3n) is 4.72. The lowest BCUT2D eigenvalue weighted by molar-refractivity contribution is 0.0484. The van der Waals surface area contributed by atoms with Crippen LogP contribution >= 0.6 is 0 Å². The van der Waals surface area contributed by atoms with E-state index in [1.807, 2.05) is 11.6 Å². The van der Waals surface area contributed by atoms with E-state index in [-0.39, 0.29) is 16.4 Å². The van der Waals surface area contributed by atoms with E-state index in [0.717, 1.165) is 31.2 Å². The molecule has 1 aromatic carbocycles. The highest BCUT2D eigenvalue weighted by Gasteiger charge is 2.31. The number of carbonyl (C=O) groups is 1. The van der Waals surface area contributed by atoms with Gasteiger partial charge in [-0.05, 0) is 56.1 Å². The lowest BCUT2D eigenvalue weighted by atomic mass is 9.72. The normalized spacial score (nSPS) is 22.0. The van der Waals surface area contributed by atoms with Crippen molar-refractivity contribution in [2.24, 2.45) is 11.3 Å². The van der Waals surface area contributed by atoms with Crippen LogP contribution in [0.4, 0.5) is 4.79 Å². The maximum atomic E-state index is 12.2. The number of rotatable bonds is 3. The van der Waals surface area contributed by atoms with Crippen LogP contribution in [0.2, 0.25) is 0 Å². The number of sulfonamides is 1. The molecule has 1 saturated carbocycles. The number of amides is 1. The third-order valence-corrected chi connectivity index (χ3v) is 6.05. The van der Waals surface area contributed by atoms with Gasteiger partial charge in [-0.3, -0.25) is 0 Å². The smallest absolute Gasteiger partial charge is 0.421 e. The van der Waals surface area contributed by atoms with Crippen LogP contribution in [0.25, 0.3) is 0 Å². The van der Waals surface area contributed by atoms with Crippen molar-refractivity contribution in [3.8, 4) is 0 Å². The zero-order valence-corrected chi connectivity index (χ0v) is 15.7. The van der Waals surface area contributed by atoms with Gasteiger partial charge in [0.2, 0.25) is 0 Å². The zero-order chi connectivity index (χ0) is 18.0. The molecule has 0 unspecified atom stereocenters. The van der Waals surface area contributed by atoms with Crippen LogP contribution in [-0.2, 0) is 14.8 Å². The van der Waals surface area contributed by atoms with Crippen LogP contribution in [0.3, 0.4) is 0 Å². The largest absolute Gasteiger partial charge is 0.446 e. The Bertz CT molecular complexity index is 666. The molecular formula is C18H27NO4S. The summed E-state index contributed by atoms with van der Waals surface area (Å²) in [6, 6.07) is 6.32. The fourth-order valence-corrected chi connectivity index (χ4v) is 3.99. The molecule has 0 bridgehead atoms. The summed E-state index contributed by atoms with van der Waals surface area (Å²) in [5, 5.41) is 0. The lowest BCUT2D eigenvalue weighted by Gasteiger charge is -2.36. The summed E-state index contributed by atoms with van der Waals surface area (Å²) in [5.41, 5.74) is 1.20. The van der Waals surface area contributed by atoms with Crippen LogP contribution in [0, 0.1) is 18.3 Å². The van der Waals surface area contributed by atoms with Crippen LogP contribution in [-0.4, -0.2) is 20.6 Å². The predicted molar refractivity (Wildman–Crippen MR) is 93.2 cm³/mol. The highest BCUT2D eigenvalue weighted by Crippen LogP contribution is 2.38. The SMILES string of the molecule is Cc1ccc(S(=O)(=O)NC(=O)OC2CCC(C(C)(C)C)CC2)cc1. The third kappa shape index (κ3) is 4.97. The Kier molecular flexibility index (Phi) is 5.58. The Morgan fingerprint density at radius 1 is 1.08 bits per heavy atom. The molecule has 2 rings (SSSR count). The molecule has 0 heterocycles. The Hall–Kier alpha value is -1.56. The van der Waals surface area contributed by atoms with Crippen molar-refractivity contribution in [1.29, 1.82) is 0 Å². The van der Waals surface area contributed by atoms with Gasteiger partial charge in [0.15, 0.2) is 0 Å². The summed E-state index contributed by atoms with van der Waals surface area (Å²) in [4.78, 5) is 12.0. The molecule has 1 aliphatic rings. The van der Waals surface area contributed by atoms with E-state index in [9.17, 15) is 13.2 Å². The van der Waals surface area contributed by atoms with Crippen molar-refractivity contribution in [2.45, 2.75) is 64.4 Å². The van der Waals surface area contributed by atoms with E-state index in [4.69, 9.17) is 4.74 Å². The molecule has 1 amide bonds. The standard InChI is InChI=1S/C18H27NO4S/c1-13-5-11-16(12-6-13)24(21,22)19-17(20)23-15-9-7-14(8-10-15)18(2,3)4/h5-6,11-12,14-15H,7-10H2,1-4H3,(H,19,20). The number of nitrogens with one attached hydrogen (secondary N) is 1. The second-order valence-corrected chi connectivity index (χ2v) is 9.35. The molecule has 0 aromatic heterocycles. The number of carbonyl (C=O) groups excluding carboxylic acids is 1. The van der Waals surface area contributed by atoms with E-state index >= 15 is 0 Å². The summed E-state index contributed by atoms with van der Waals surface area (Å²) in [7, 11) is -3.89. The van der Waals surface area contributed by atoms with Gasteiger partial charge in [-0.1, -0.05) is 38.5 Å². The molecule has 0 aliphatic heterocycles. The van der Waals surface area contributed by atoms with Crippen molar-refractivity contribution in [1.82, 2.24) is 4.72 Å². The first kappa shape index (κ1) is 18.8. The van der Waals surface area contributed by atoms with Gasteiger partial charge < -0.3 is 4.74 Å². The lowest BCUT2D eigenvalue weighted by Crippen LogP contribution is -2.36. The fraction of sp³-hybridized carbons (Fsp3) is 0.611. The molecule has 6 heteroatoms. The number of hydrogen-bond acceptors (Lipinski definition) is 4. The molecule has 24 heavy (non-hydrogen) atoms. The van der Waals surface area contributed by atoms with Gasteiger partial charge in [-0.2, -0.15) is 0 Å². The average molecular weight is 353 g/mol. The van der Waals surface area contributed by atoms with Crippen molar-refractivity contribution in [3.63, 3.8) is 0 Å². The van der Waals surface area contributed by atoms with Crippen LogP contribution < -0.4 is 4.72 Å².